The van der Waals surface area contributed by atoms with E-state index in [9.17, 15) is 14.9 Å². The molecular weight excluding hydrogens is 502 g/mol. The lowest BCUT2D eigenvalue weighted by Gasteiger charge is -2.39. The summed E-state index contributed by atoms with van der Waals surface area (Å²) in [5.41, 5.74) is 4.93. The van der Waals surface area contributed by atoms with Gasteiger partial charge in [0.15, 0.2) is 0 Å². The van der Waals surface area contributed by atoms with Crippen molar-refractivity contribution in [2.45, 2.75) is 51.2 Å². The number of aromatic nitrogens is 1. The SMILES string of the molecule is Cc1ccc(C(=O)N2CCC3(CC2)OC(C)c2cc(C#N)ccc23)cc1NC(=O)c1ccc(N2CCCC2)nc1. The first-order valence-corrected chi connectivity index (χ1v) is 14.0. The van der Waals surface area contributed by atoms with Gasteiger partial charge in [0, 0.05) is 43.6 Å². The van der Waals surface area contributed by atoms with Crippen molar-refractivity contribution in [1.82, 2.24) is 9.88 Å². The minimum absolute atomic E-state index is 0.0620. The van der Waals surface area contributed by atoms with Crippen LogP contribution in [0.3, 0.4) is 0 Å². The fourth-order valence-electron chi connectivity index (χ4n) is 6.23. The quantitative estimate of drug-likeness (QED) is 0.485. The third kappa shape index (κ3) is 4.71. The number of nitriles is 1. The minimum Gasteiger partial charge on any atom is -0.363 e. The first-order valence-electron chi connectivity index (χ1n) is 14.0. The average molecular weight is 536 g/mol. The Bertz CT molecular complexity index is 1500. The molecule has 8 heteroatoms. The van der Waals surface area contributed by atoms with Crippen LogP contribution in [0.5, 0.6) is 0 Å². The van der Waals surface area contributed by atoms with E-state index in [1.54, 1.807) is 18.3 Å². The first-order chi connectivity index (χ1) is 19.4. The average Bonchev–Trinajstić information content (AvgIpc) is 3.61. The number of nitrogens with zero attached hydrogens (tertiary/aromatic N) is 4. The van der Waals surface area contributed by atoms with Crippen LogP contribution in [-0.2, 0) is 10.3 Å². The van der Waals surface area contributed by atoms with Crippen LogP contribution < -0.4 is 10.2 Å². The van der Waals surface area contributed by atoms with Crippen molar-refractivity contribution in [3.8, 4) is 6.07 Å². The molecule has 1 N–H and O–H groups in total. The van der Waals surface area contributed by atoms with Gasteiger partial charge >= 0.3 is 0 Å². The molecular formula is C32H33N5O3. The third-order valence-corrected chi connectivity index (χ3v) is 8.54. The molecule has 0 bridgehead atoms. The van der Waals surface area contributed by atoms with Crippen molar-refractivity contribution < 1.29 is 14.3 Å². The van der Waals surface area contributed by atoms with Crippen LogP contribution in [-0.4, -0.2) is 47.9 Å². The number of rotatable bonds is 4. The highest BCUT2D eigenvalue weighted by Crippen LogP contribution is 2.49. The summed E-state index contributed by atoms with van der Waals surface area (Å²) in [7, 11) is 0. The highest BCUT2D eigenvalue weighted by molar-refractivity contribution is 6.05. The fraction of sp³-hybridized carbons (Fsp3) is 0.375. The van der Waals surface area contributed by atoms with Gasteiger partial charge in [-0.2, -0.15) is 5.26 Å². The molecule has 3 aliphatic heterocycles. The molecule has 1 unspecified atom stereocenters. The third-order valence-electron chi connectivity index (χ3n) is 8.54. The summed E-state index contributed by atoms with van der Waals surface area (Å²) in [5, 5.41) is 12.3. The van der Waals surface area contributed by atoms with E-state index in [1.807, 2.05) is 55.1 Å². The Balaban J connectivity index is 1.13. The van der Waals surface area contributed by atoms with E-state index < -0.39 is 5.60 Å². The van der Waals surface area contributed by atoms with E-state index in [-0.39, 0.29) is 17.9 Å². The van der Waals surface area contributed by atoms with Gasteiger partial charge in [-0.25, -0.2) is 4.98 Å². The number of carbonyl (C=O) groups excluding carboxylic acids is 2. The lowest BCUT2D eigenvalue weighted by atomic mass is 9.83. The summed E-state index contributed by atoms with van der Waals surface area (Å²) < 4.78 is 6.45. The van der Waals surface area contributed by atoms with Crippen molar-refractivity contribution in [2.24, 2.45) is 0 Å². The summed E-state index contributed by atoms with van der Waals surface area (Å²) >= 11 is 0. The predicted octanol–water partition coefficient (Wildman–Crippen LogP) is 5.34. The number of aryl methyl sites for hydroxylation is 1. The molecule has 3 aromatic rings. The molecule has 204 valence electrons. The molecule has 2 saturated heterocycles. The minimum atomic E-state index is -0.426. The van der Waals surface area contributed by atoms with E-state index in [2.05, 4.69) is 21.3 Å². The Kier molecular flexibility index (Phi) is 6.77. The number of likely N-dealkylation sites (tertiary alicyclic amines) is 1. The van der Waals surface area contributed by atoms with Gasteiger partial charge in [0.1, 0.15) is 5.82 Å². The molecule has 0 saturated carbocycles. The first kappa shape index (κ1) is 26.0. The molecule has 1 aromatic heterocycles. The van der Waals surface area contributed by atoms with Crippen LogP contribution in [0.15, 0.2) is 54.7 Å². The van der Waals surface area contributed by atoms with Crippen molar-refractivity contribution in [3.63, 3.8) is 0 Å². The lowest BCUT2D eigenvalue weighted by Crippen LogP contribution is -2.45. The summed E-state index contributed by atoms with van der Waals surface area (Å²) in [6.07, 6.45) is 5.25. The maximum absolute atomic E-state index is 13.5. The topological polar surface area (TPSA) is 98.6 Å². The number of amides is 2. The highest BCUT2D eigenvalue weighted by atomic mass is 16.5. The number of hydrogen-bond acceptors (Lipinski definition) is 6. The summed E-state index contributed by atoms with van der Waals surface area (Å²) in [5.74, 6) is 0.584. The van der Waals surface area contributed by atoms with Crippen LogP contribution in [0.25, 0.3) is 0 Å². The fourth-order valence-corrected chi connectivity index (χ4v) is 6.23. The Labute approximate surface area is 234 Å². The molecule has 6 rings (SSSR count). The monoisotopic (exact) mass is 535 g/mol. The van der Waals surface area contributed by atoms with Crippen LogP contribution in [0.1, 0.15) is 81.7 Å². The van der Waals surface area contributed by atoms with E-state index in [4.69, 9.17) is 4.74 Å². The zero-order valence-electron chi connectivity index (χ0n) is 22.9. The Morgan fingerprint density at radius 2 is 1.77 bits per heavy atom. The Morgan fingerprint density at radius 1 is 1.02 bits per heavy atom. The second-order valence-corrected chi connectivity index (χ2v) is 11.0. The number of ether oxygens (including phenoxy) is 1. The van der Waals surface area contributed by atoms with Gasteiger partial charge in [0.25, 0.3) is 11.8 Å². The molecule has 8 nitrogen and oxygen atoms in total. The Hall–Kier alpha value is -4.22. The summed E-state index contributed by atoms with van der Waals surface area (Å²) in [6, 6.07) is 17.1. The molecule has 1 spiro atoms. The second kappa shape index (κ2) is 10.4. The van der Waals surface area contributed by atoms with Crippen LogP contribution in [0.4, 0.5) is 11.5 Å². The number of pyridine rings is 1. The number of benzene rings is 2. The van der Waals surface area contributed by atoms with Crippen LogP contribution >= 0.6 is 0 Å². The summed E-state index contributed by atoms with van der Waals surface area (Å²) in [4.78, 5) is 35.1. The van der Waals surface area contributed by atoms with Gasteiger partial charge in [-0.3, -0.25) is 9.59 Å². The molecule has 2 amide bonds. The van der Waals surface area contributed by atoms with Crippen molar-refractivity contribution in [2.75, 3.05) is 36.4 Å². The molecule has 0 radical (unpaired) electrons. The molecule has 40 heavy (non-hydrogen) atoms. The van der Waals surface area contributed by atoms with Gasteiger partial charge in [0.05, 0.1) is 28.9 Å². The normalized spacial score (nSPS) is 19.4. The van der Waals surface area contributed by atoms with Crippen LogP contribution in [0, 0.1) is 18.3 Å². The van der Waals surface area contributed by atoms with Gasteiger partial charge in [-0.15, -0.1) is 0 Å². The molecule has 2 fully saturated rings. The number of fused-ring (bicyclic) bond motifs is 2. The molecule has 1 atom stereocenters. The van der Waals surface area contributed by atoms with Gasteiger partial charge in [-0.05, 0) is 92.6 Å². The smallest absolute Gasteiger partial charge is 0.257 e. The highest BCUT2D eigenvalue weighted by Gasteiger charge is 2.46. The van der Waals surface area contributed by atoms with E-state index in [0.717, 1.165) is 35.6 Å². The number of piperidine rings is 1. The predicted molar refractivity (Wildman–Crippen MR) is 152 cm³/mol. The number of anilines is 2. The Morgan fingerprint density at radius 3 is 2.48 bits per heavy atom. The maximum atomic E-state index is 13.5. The van der Waals surface area contributed by atoms with E-state index >= 15 is 0 Å². The molecule has 0 aliphatic carbocycles. The van der Waals surface area contributed by atoms with Crippen molar-refractivity contribution >= 4 is 23.3 Å². The number of nitrogens with one attached hydrogen (secondary N) is 1. The largest absolute Gasteiger partial charge is 0.363 e. The second-order valence-electron chi connectivity index (χ2n) is 11.0. The molecule has 2 aromatic carbocycles. The molecule has 3 aliphatic rings. The van der Waals surface area contributed by atoms with Gasteiger partial charge < -0.3 is 19.9 Å². The maximum Gasteiger partial charge on any atom is 0.257 e. The van der Waals surface area contributed by atoms with E-state index in [1.165, 1.54) is 12.8 Å². The lowest BCUT2D eigenvalue weighted by molar-refractivity contribution is -0.0994. The molecule has 4 heterocycles. The number of carbonyl (C=O) groups is 2. The van der Waals surface area contributed by atoms with Crippen molar-refractivity contribution in [3.05, 3.63) is 88.1 Å². The zero-order valence-corrected chi connectivity index (χ0v) is 22.9. The van der Waals surface area contributed by atoms with Crippen molar-refractivity contribution in [1.29, 1.82) is 5.26 Å². The van der Waals surface area contributed by atoms with Gasteiger partial charge in [-0.1, -0.05) is 12.1 Å². The van der Waals surface area contributed by atoms with Crippen LogP contribution in [0.2, 0.25) is 0 Å². The van der Waals surface area contributed by atoms with E-state index in [0.29, 0.717) is 48.3 Å². The number of hydrogen-bond donors (Lipinski definition) is 1. The zero-order chi connectivity index (χ0) is 27.9. The van der Waals surface area contributed by atoms with Gasteiger partial charge in [0.2, 0.25) is 0 Å². The summed E-state index contributed by atoms with van der Waals surface area (Å²) in [6.45, 7) is 7.06. The standard InChI is InChI=1S/C32H33N5O3/c1-21-5-7-24(18-28(21)35-30(38)25-8-10-29(34-20-25)36-13-3-4-14-36)31(39)37-15-11-32(12-16-37)27-9-6-23(19-33)17-26(27)22(2)40-32/h5-10,17-18,20,22H,3-4,11-16H2,1-2H3,(H,35,38).